The van der Waals surface area contributed by atoms with Crippen molar-refractivity contribution in [1.29, 1.82) is 0 Å². The van der Waals surface area contributed by atoms with Gasteiger partial charge in [0.15, 0.2) is 5.82 Å². The van der Waals surface area contributed by atoms with E-state index in [0.717, 1.165) is 54.3 Å². The van der Waals surface area contributed by atoms with Crippen molar-refractivity contribution in [2.45, 2.75) is 37.5 Å². The summed E-state index contributed by atoms with van der Waals surface area (Å²) in [5.74, 6) is 0.854. The molecule has 9 heteroatoms. The molecule has 2 aliphatic heterocycles. The van der Waals surface area contributed by atoms with E-state index in [2.05, 4.69) is 19.8 Å². The number of carbonyl (C=O) groups is 1. The molecular formula is C25H27N5O3S. The highest BCUT2D eigenvalue weighted by Crippen LogP contribution is 2.30. The summed E-state index contributed by atoms with van der Waals surface area (Å²) in [6.45, 7) is 4.22. The largest absolute Gasteiger partial charge is 0.355 e. The van der Waals surface area contributed by atoms with E-state index in [1.807, 2.05) is 24.3 Å². The van der Waals surface area contributed by atoms with Crippen molar-refractivity contribution in [3.05, 3.63) is 60.2 Å². The van der Waals surface area contributed by atoms with Gasteiger partial charge in [-0.2, -0.15) is 0 Å². The van der Waals surface area contributed by atoms with E-state index in [4.69, 9.17) is 0 Å². The number of benzene rings is 2. The lowest BCUT2D eigenvalue weighted by molar-refractivity contribution is -0.116. The van der Waals surface area contributed by atoms with E-state index in [1.54, 1.807) is 35.2 Å². The molecule has 1 N–H and O–H groups in total. The molecule has 0 bridgehead atoms. The van der Waals surface area contributed by atoms with Gasteiger partial charge < -0.3 is 9.80 Å². The van der Waals surface area contributed by atoms with Crippen molar-refractivity contribution < 1.29 is 13.2 Å². The van der Waals surface area contributed by atoms with Gasteiger partial charge in [-0.1, -0.05) is 12.1 Å². The molecule has 3 heterocycles. The minimum atomic E-state index is -3.76. The molecule has 8 nitrogen and oxygen atoms in total. The molecule has 34 heavy (non-hydrogen) atoms. The number of rotatable bonds is 5. The number of aromatic nitrogens is 2. The van der Waals surface area contributed by atoms with Gasteiger partial charge in [0.05, 0.1) is 10.6 Å². The number of anilines is 3. The zero-order valence-electron chi connectivity index (χ0n) is 19.1. The van der Waals surface area contributed by atoms with Crippen LogP contribution in [-0.2, 0) is 21.2 Å². The van der Waals surface area contributed by atoms with Crippen LogP contribution in [0.15, 0.2) is 59.5 Å². The van der Waals surface area contributed by atoms with Gasteiger partial charge in [0, 0.05) is 43.5 Å². The Kier molecular flexibility index (Phi) is 5.95. The number of fused-ring (bicyclic) bond motifs is 1. The number of amides is 1. The number of hydrogen-bond donors (Lipinski definition) is 1. The summed E-state index contributed by atoms with van der Waals surface area (Å²) in [5.41, 5.74) is 3.73. The molecule has 0 radical (unpaired) electrons. The van der Waals surface area contributed by atoms with E-state index < -0.39 is 10.0 Å². The van der Waals surface area contributed by atoms with Gasteiger partial charge in [0.25, 0.3) is 10.0 Å². The summed E-state index contributed by atoms with van der Waals surface area (Å²) >= 11 is 0. The Morgan fingerprint density at radius 1 is 0.912 bits per heavy atom. The molecule has 0 unspecified atom stereocenters. The summed E-state index contributed by atoms with van der Waals surface area (Å²) in [6, 6.07) is 16.0. The molecule has 1 fully saturated rings. The summed E-state index contributed by atoms with van der Waals surface area (Å²) in [6.07, 6.45) is 3.92. The summed E-state index contributed by atoms with van der Waals surface area (Å²) in [4.78, 5) is 16.0. The molecule has 3 aromatic rings. The molecule has 0 aliphatic carbocycles. The predicted molar refractivity (Wildman–Crippen MR) is 133 cm³/mol. The van der Waals surface area contributed by atoms with Crippen LogP contribution >= 0.6 is 0 Å². The molecule has 2 aromatic carbocycles. The number of carbonyl (C=O) groups excluding carboxylic acids is 1. The van der Waals surface area contributed by atoms with Crippen LogP contribution in [0, 0.1) is 0 Å². The fourth-order valence-electron chi connectivity index (χ4n) is 4.58. The first-order valence-electron chi connectivity index (χ1n) is 11.5. The van der Waals surface area contributed by atoms with Crippen molar-refractivity contribution in [2.75, 3.05) is 34.2 Å². The van der Waals surface area contributed by atoms with Crippen LogP contribution in [0.2, 0.25) is 0 Å². The highest BCUT2D eigenvalue weighted by Gasteiger charge is 2.23. The summed E-state index contributed by atoms with van der Waals surface area (Å²) in [7, 11) is -3.76. The highest BCUT2D eigenvalue weighted by atomic mass is 32.2. The van der Waals surface area contributed by atoms with E-state index in [-0.39, 0.29) is 10.8 Å². The second kappa shape index (κ2) is 9.06. The SMILES string of the molecule is CC(=O)N1CCCc2cc(S(=O)(=O)Nc3ccc(-c4ccc(N5CCCC5)nn4)cc3)ccc21. The number of aryl methyl sites for hydroxylation is 1. The molecule has 1 saturated heterocycles. The number of nitrogens with zero attached hydrogens (tertiary/aromatic N) is 4. The Hall–Kier alpha value is -3.46. The molecule has 5 rings (SSSR count). The van der Waals surface area contributed by atoms with Crippen molar-refractivity contribution in [2.24, 2.45) is 0 Å². The van der Waals surface area contributed by atoms with E-state index in [0.29, 0.717) is 12.2 Å². The molecule has 0 spiro atoms. The zero-order chi connectivity index (χ0) is 23.7. The van der Waals surface area contributed by atoms with E-state index >= 15 is 0 Å². The lowest BCUT2D eigenvalue weighted by Gasteiger charge is -2.28. The number of sulfonamides is 1. The standard InChI is InChI=1S/C25H27N5O3S/c1-18(31)30-16-4-5-20-17-22(10-12-24(20)30)34(32,33)28-21-8-6-19(7-9-21)23-11-13-25(27-26-23)29-14-2-3-15-29/h6-13,17,28H,2-5,14-16H2,1H3. The third-order valence-electron chi connectivity index (χ3n) is 6.37. The molecular weight excluding hydrogens is 450 g/mol. The maximum Gasteiger partial charge on any atom is 0.261 e. The van der Waals surface area contributed by atoms with Gasteiger partial charge in [-0.05, 0) is 73.7 Å². The normalized spacial score (nSPS) is 15.8. The zero-order valence-corrected chi connectivity index (χ0v) is 19.9. The lowest BCUT2D eigenvalue weighted by atomic mass is 10.0. The van der Waals surface area contributed by atoms with Gasteiger partial charge in [0.1, 0.15) is 0 Å². The van der Waals surface area contributed by atoms with Crippen LogP contribution in [0.3, 0.4) is 0 Å². The quantitative estimate of drug-likeness (QED) is 0.600. The Balaban J connectivity index is 1.31. The van der Waals surface area contributed by atoms with Crippen molar-refractivity contribution in [3.63, 3.8) is 0 Å². The van der Waals surface area contributed by atoms with Crippen LogP contribution < -0.4 is 14.5 Å². The smallest absolute Gasteiger partial charge is 0.261 e. The second-order valence-electron chi connectivity index (χ2n) is 8.72. The number of nitrogens with one attached hydrogen (secondary N) is 1. The average molecular weight is 478 g/mol. The third kappa shape index (κ3) is 4.48. The van der Waals surface area contributed by atoms with Crippen molar-refractivity contribution in [1.82, 2.24) is 10.2 Å². The summed E-state index contributed by atoms with van der Waals surface area (Å²) in [5, 5.41) is 8.70. The van der Waals surface area contributed by atoms with Crippen LogP contribution in [-0.4, -0.2) is 44.2 Å². The van der Waals surface area contributed by atoms with Crippen molar-refractivity contribution >= 4 is 33.1 Å². The molecule has 1 aromatic heterocycles. The lowest BCUT2D eigenvalue weighted by Crippen LogP contribution is -2.33. The van der Waals surface area contributed by atoms with E-state index in [9.17, 15) is 13.2 Å². The minimum absolute atomic E-state index is 0.0369. The highest BCUT2D eigenvalue weighted by molar-refractivity contribution is 7.92. The average Bonchev–Trinajstić information content (AvgIpc) is 3.39. The van der Waals surface area contributed by atoms with Gasteiger partial charge in [-0.3, -0.25) is 9.52 Å². The number of hydrogen-bond acceptors (Lipinski definition) is 6. The van der Waals surface area contributed by atoms with E-state index in [1.165, 1.54) is 19.8 Å². The molecule has 2 aliphatic rings. The predicted octanol–water partition coefficient (Wildman–Crippen LogP) is 3.84. The van der Waals surface area contributed by atoms with Crippen molar-refractivity contribution in [3.8, 4) is 11.3 Å². The van der Waals surface area contributed by atoms with Crippen LogP contribution in [0.5, 0.6) is 0 Å². The fourth-order valence-corrected chi connectivity index (χ4v) is 5.69. The molecule has 0 atom stereocenters. The monoisotopic (exact) mass is 477 g/mol. The molecule has 0 saturated carbocycles. The van der Waals surface area contributed by atoms with Crippen LogP contribution in [0.4, 0.5) is 17.2 Å². The molecule has 1 amide bonds. The Morgan fingerprint density at radius 3 is 2.35 bits per heavy atom. The first-order chi connectivity index (χ1) is 16.4. The second-order valence-corrected chi connectivity index (χ2v) is 10.4. The first kappa shape index (κ1) is 22.3. The van der Waals surface area contributed by atoms with Gasteiger partial charge >= 0.3 is 0 Å². The topological polar surface area (TPSA) is 95.5 Å². The summed E-state index contributed by atoms with van der Waals surface area (Å²) < 4.78 is 28.7. The fraction of sp³-hybridized carbons (Fsp3) is 0.320. The Morgan fingerprint density at radius 2 is 1.68 bits per heavy atom. The minimum Gasteiger partial charge on any atom is -0.355 e. The van der Waals surface area contributed by atoms with Gasteiger partial charge in [-0.15, -0.1) is 10.2 Å². The Bertz CT molecular complexity index is 1300. The van der Waals surface area contributed by atoms with Gasteiger partial charge in [0.2, 0.25) is 5.91 Å². The third-order valence-corrected chi connectivity index (χ3v) is 7.75. The Labute approximate surface area is 199 Å². The maximum atomic E-state index is 13.0. The van der Waals surface area contributed by atoms with Crippen LogP contribution in [0.25, 0.3) is 11.3 Å². The maximum absolute atomic E-state index is 13.0. The van der Waals surface area contributed by atoms with Gasteiger partial charge in [-0.25, -0.2) is 8.42 Å². The molecule has 176 valence electrons. The first-order valence-corrected chi connectivity index (χ1v) is 13.0. The van der Waals surface area contributed by atoms with Crippen LogP contribution in [0.1, 0.15) is 31.7 Å².